The summed E-state index contributed by atoms with van der Waals surface area (Å²) < 4.78 is 48.4. The van der Waals surface area contributed by atoms with Gasteiger partial charge in [0.25, 0.3) is 0 Å². The van der Waals surface area contributed by atoms with E-state index in [0.717, 1.165) is 0 Å². The highest BCUT2D eigenvalue weighted by molar-refractivity contribution is 7.89. The fraction of sp³-hybridized carbons (Fsp3) is 0.625. The molecule has 0 aliphatic carbocycles. The normalized spacial score (nSPS) is 11.7. The van der Waals surface area contributed by atoms with E-state index in [4.69, 9.17) is 18.9 Å². The van der Waals surface area contributed by atoms with E-state index in [0.29, 0.717) is 32.2 Å². The molecule has 7 nitrogen and oxygen atoms in total. The van der Waals surface area contributed by atoms with Gasteiger partial charge in [0.15, 0.2) is 0 Å². The summed E-state index contributed by atoms with van der Waals surface area (Å²) >= 11 is 0. The van der Waals surface area contributed by atoms with Gasteiger partial charge in [-0.3, -0.25) is 0 Å². The number of methoxy groups -OCH3 is 2. The first-order valence-electron chi connectivity index (χ1n) is 7.88. The smallest absolute Gasteiger partial charge is 0.247 e. The highest BCUT2D eigenvalue weighted by atomic mass is 32.2. The summed E-state index contributed by atoms with van der Waals surface area (Å²) in [4.78, 5) is 0.0670. The van der Waals surface area contributed by atoms with E-state index in [1.165, 1.54) is 24.6 Å². The number of rotatable bonds is 12. The van der Waals surface area contributed by atoms with Crippen LogP contribution < -0.4 is 9.47 Å². The van der Waals surface area contributed by atoms with Crippen molar-refractivity contribution >= 4 is 10.0 Å². The molecule has 0 atom stereocenters. The van der Waals surface area contributed by atoms with Gasteiger partial charge in [-0.1, -0.05) is 0 Å². The number of sulfonamides is 1. The molecule has 0 saturated carbocycles. The van der Waals surface area contributed by atoms with Crippen LogP contribution in [-0.2, 0) is 19.5 Å². The van der Waals surface area contributed by atoms with Crippen LogP contribution in [0.15, 0.2) is 23.1 Å². The second-order valence-electron chi connectivity index (χ2n) is 4.81. The highest BCUT2D eigenvalue weighted by Gasteiger charge is 2.28. The lowest BCUT2D eigenvalue weighted by molar-refractivity contribution is 0.110. The number of hydrogen-bond donors (Lipinski definition) is 0. The first-order valence-corrected chi connectivity index (χ1v) is 9.32. The molecular weight excluding hydrogens is 334 g/mol. The first-order chi connectivity index (χ1) is 11.5. The first kappa shape index (κ1) is 20.7. The van der Waals surface area contributed by atoms with Crippen LogP contribution in [0.3, 0.4) is 0 Å². The molecule has 0 fully saturated rings. The molecule has 0 radical (unpaired) electrons. The Hall–Kier alpha value is -1.35. The van der Waals surface area contributed by atoms with E-state index < -0.39 is 10.0 Å². The van der Waals surface area contributed by atoms with Crippen molar-refractivity contribution in [1.82, 2.24) is 4.31 Å². The lowest BCUT2D eigenvalue weighted by atomic mass is 10.3. The largest absolute Gasteiger partial charge is 0.497 e. The third kappa shape index (κ3) is 5.62. The number of benzene rings is 1. The minimum atomic E-state index is -3.77. The number of ether oxygens (including phenoxy) is 4. The molecule has 0 N–H and O–H groups in total. The van der Waals surface area contributed by atoms with E-state index in [1.807, 2.05) is 13.8 Å². The summed E-state index contributed by atoms with van der Waals surface area (Å²) in [5, 5.41) is 0. The Bertz CT molecular complexity index is 580. The van der Waals surface area contributed by atoms with E-state index in [9.17, 15) is 8.42 Å². The Morgan fingerprint density at radius 2 is 1.54 bits per heavy atom. The van der Waals surface area contributed by atoms with Gasteiger partial charge in [-0.05, 0) is 26.0 Å². The van der Waals surface area contributed by atoms with E-state index in [-0.39, 0.29) is 23.7 Å². The molecule has 8 heteroatoms. The Morgan fingerprint density at radius 3 is 2.00 bits per heavy atom. The maximum absolute atomic E-state index is 13.0. The zero-order valence-corrected chi connectivity index (χ0v) is 15.6. The molecule has 1 aromatic carbocycles. The lowest BCUT2D eigenvalue weighted by Gasteiger charge is -2.23. The van der Waals surface area contributed by atoms with Gasteiger partial charge in [-0.25, -0.2) is 8.42 Å². The second kappa shape index (κ2) is 10.5. The van der Waals surface area contributed by atoms with Crippen LogP contribution in [-0.4, -0.2) is 66.5 Å². The standard InChI is InChI=1S/C16H27NO6S/c1-5-22-11-9-17(10-12-23-6-2)24(18,19)16-13-14(20-3)7-8-15(16)21-4/h7-8,13H,5-6,9-12H2,1-4H3. The minimum Gasteiger partial charge on any atom is -0.497 e. The molecule has 0 saturated heterocycles. The monoisotopic (exact) mass is 361 g/mol. The summed E-state index contributed by atoms with van der Waals surface area (Å²) in [6.45, 7) is 5.90. The molecule has 0 aliphatic rings. The maximum Gasteiger partial charge on any atom is 0.247 e. The van der Waals surface area contributed by atoms with Crippen LogP contribution in [0.1, 0.15) is 13.8 Å². The Kier molecular flexibility index (Phi) is 9.05. The van der Waals surface area contributed by atoms with E-state index in [2.05, 4.69) is 0 Å². The van der Waals surface area contributed by atoms with Crippen molar-refractivity contribution in [2.45, 2.75) is 18.7 Å². The molecule has 1 aromatic rings. The van der Waals surface area contributed by atoms with Crippen molar-refractivity contribution < 1.29 is 27.4 Å². The van der Waals surface area contributed by atoms with Crippen LogP contribution in [0.4, 0.5) is 0 Å². The molecule has 0 unspecified atom stereocenters. The van der Waals surface area contributed by atoms with Gasteiger partial charge in [-0.2, -0.15) is 4.31 Å². The van der Waals surface area contributed by atoms with Crippen LogP contribution in [0, 0.1) is 0 Å². The van der Waals surface area contributed by atoms with E-state index >= 15 is 0 Å². The molecular formula is C16H27NO6S. The van der Waals surface area contributed by atoms with Crippen LogP contribution >= 0.6 is 0 Å². The van der Waals surface area contributed by atoms with E-state index in [1.54, 1.807) is 12.1 Å². The lowest BCUT2D eigenvalue weighted by Crippen LogP contribution is -2.37. The van der Waals surface area contributed by atoms with Crippen molar-refractivity contribution in [2.75, 3.05) is 53.7 Å². The summed E-state index contributed by atoms with van der Waals surface area (Å²) in [5.41, 5.74) is 0. The van der Waals surface area contributed by atoms with Gasteiger partial charge >= 0.3 is 0 Å². The number of nitrogens with zero attached hydrogens (tertiary/aromatic N) is 1. The fourth-order valence-corrected chi connectivity index (χ4v) is 3.68. The molecule has 0 spiro atoms. The highest BCUT2D eigenvalue weighted by Crippen LogP contribution is 2.30. The second-order valence-corrected chi connectivity index (χ2v) is 6.72. The summed E-state index contributed by atoms with van der Waals surface area (Å²) in [5.74, 6) is 0.720. The van der Waals surface area contributed by atoms with Gasteiger partial charge in [0.05, 0.1) is 27.4 Å². The van der Waals surface area contributed by atoms with Crippen molar-refractivity contribution in [2.24, 2.45) is 0 Å². The molecule has 0 bridgehead atoms. The van der Waals surface area contributed by atoms with Gasteiger partial charge in [0.1, 0.15) is 16.4 Å². The average Bonchev–Trinajstić information content (AvgIpc) is 2.59. The molecule has 138 valence electrons. The third-order valence-electron chi connectivity index (χ3n) is 3.37. The quantitative estimate of drug-likeness (QED) is 0.528. The van der Waals surface area contributed by atoms with Crippen LogP contribution in [0.5, 0.6) is 11.5 Å². The Balaban J connectivity index is 3.12. The topological polar surface area (TPSA) is 74.3 Å². The van der Waals surface area contributed by atoms with Crippen molar-refractivity contribution in [3.05, 3.63) is 18.2 Å². The van der Waals surface area contributed by atoms with Crippen molar-refractivity contribution in [3.8, 4) is 11.5 Å². The molecule has 0 aliphatic heterocycles. The molecule has 0 amide bonds. The minimum absolute atomic E-state index is 0.0670. The molecule has 24 heavy (non-hydrogen) atoms. The van der Waals surface area contributed by atoms with Gasteiger partial charge in [-0.15, -0.1) is 0 Å². The van der Waals surface area contributed by atoms with Crippen LogP contribution in [0.25, 0.3) is 0 Å². The summed E-state index contributed by atoms with van der Waals surface area (Å²) in [6, 6.07) is 4.69. The SMILES string of the molecule is CCOCCN(CCOCC)S(=O)(=O)c1cc(OC)ccc1OC. The predicted octanol–water partition coefficient (Wildman–Crippen LogP) is 1.77. The number of hydrogen-bond acceptors (Lipinski definition) is 6. The molecule has 0 heterocycles. The average molecular weight is 361 g/mol. The Labute approximate surface area is 144 Å². The fourth-order valence-electron chi connectivity index (χ4n) is 2.10. The van der Waals surface area contributed by atoms with Crippen molar-refractivity contribution in [3.63, 3.8) is 0 Å². The van der Waals surface area contributed by atoms with Crippen molar-refractivity contribution in [1.29, 1.82) is 0 Å². The van der Waals surface area contributed by atoms with Crippen LogP contribution in [0.2, 0.25) is 0 Å². The maximum atomic E-state index is 13.0. The van der Waals surface area contributed by atoms with Gasteiger partial charge < -0.3 is 18.9 Å². The Morgan fingerprint density at radius 1 is 0.958 bits per heavy atom. The summed E-state index contributed by atoms with van der Waals surface area (Å²) in [6.07, 6.45) is 0. The zero-order chi connectivity index (χ0) is 18.0. The van der Waals surface area contributed by atoms with Gasteiger partial charge in [0, 0.05) is 32.4 Å². The summed E-state index contributed by atoms with van der Waals surface area (Å²) in [7, 11) is -0.847. The molecule has 0 aromatic heterocycles. The van der Waals surface area contributed by atoms with Gasteiger partial charge in [0.2, 0.25) is 10.0 Å². The molecule has 1 rings (SSSR count). The predicted molar refractivity (Wildman–Crippen MR) is 91.3 cm³/mol. The zero-order valence-electron chi connectivity index (χ0n) is 14.8. The third-order valence-corrected chi connectivity index (χ3v) is 5.29.